The van der Waals surface area contributed by atoms with Crippen molar-refractivity contribution in [3.05, 3.63) is 68.5 Å². The van der Waals surface area contributed by atoms with Gasteiger partial charge in [-0.05, 0) is 53.7 Å². The van der Waals surface area contributed by atoms with Crippen molar-refractivity contribution >= 4 is 52.1 Å². The molecule has 1 aliphatic heterocycles. The summed E-state index contributed by atoms with van der Waals surface area (Å²) in [5.74, 6) is 0.550. The normalized spacial score (nSPS) is 17.4. The Morgan fingerprint density at radius 2 is 1.85 bits per heavy atom. The van der Waals surface area contributed by atoms with Crippen LogP contribution in [0.25, 0.3) is 6.08 Å². The average Bonchev–Trinajstić information content (AvgIpc) is 2.90. The maximum atomic E-state index is 12.4. The molecule has 0 aliphatic carbocycles. The number of hydrogen-bond donors (Lipinski definition) is 0. The van der Waals surface area contributed by atoms with Crippen LogP contribution in [-0.2, 0) is 11.4 Å². The molecule has 0 radical (unpaired) electrons. The van der Waals surface area contributed by atoms with Crippen LogP contribution in [0.1, 0.15) is 11.1 Å². The van der Waals surface area contributed by atoms with Gasteiger partial charge in [0, 0.05) is 29.7 Å². The summed E-state index contributed by atoms with van der Waals surface area (Å²) in [5.41, 5.74) is 1.74. The van der Waals surface area contributed by atoms with Crippen LogP contribution < -0.4 is 4.74 Å². The molecule has 0 N–H and O–H groups in total. The number of ether oxygens (including phenoxy) is 1. The lowest BCUT2D eigenvalue weighted by Gasteiger charge is -2.10. The van der Waals surface area contributed by atoms with Gasteiger partial charge in [-0.2, -0.15) is 0 Å². The zero-order valence-electron chi connectivity index (χ0n) is 14.2. The number of likely N-dealkylation sites (N-methyl/N-ethyl adjacent to an activating group) is 1. The molecular formula is C19H16Cl2N2O2S. The molecule has 2 aromatic rings. The molecule has 0 saturated carbocycles. The van der Waals surface area contributed by atoms with Gasteiger partial charge in [0.25, 0.3) is 5.91 Å². The molecule has 2 aromatic carbocycles. The summed E-state index contributed by atoms with van der Waals surface area (Å²) in [4.78, 5) is 18.6. The minimum atomic E-state index is -0.0979. The van der Waals surface area contributed by atoms with Gasteiger partial charge in [-0.25, -0.2) is 0 Å². The molecule has 26 heavy (non-hydrogen) atoms. The van der Waals surface area contributed by atoms with Crippen molar-refractivity contribution in [2.75, 3.05) is 14.1 Å². The Balaban J connectivity index is 1.85. The van der Waals surface area contributed by atoms with Crippen molar-refractivity contribution in [2.24, 2.45) is 4.99 Å². The maximum Gasteiger partial charge on any atom is 0.266 e. The zero-order chi connectivity index (χ0) is 18.7. The number of carbonyl (C=O) groups excluding carboxylic acids is 1. The molecular weight excluding hydrogens is 391 g/mol. The van der Waals surface area contributed by atoms with Crippen molar-refractivity contribution in [1.29, 1.82) is 0 Å². The molecule has 7 heteroatoms. The minimum absolute atomic E-state index is 0.0979. The van der Waals surface area contributed by atoms with E-state index in [0.29, 0.717) is 32.5 Å². The highest BCUT2D eigenvalue weighted by Crippen LogP contribution is 2.34. The van der Waals surface area contributed by atoms with E-state index in [1.54, 1.807) is 38.4 Å². The molecule has 0 atom stereocenters. The third-order valence-electron chi connectivity index (χ3n) is 3.76. The summed E-state index contributed by atoms with van der Waals surface area (Å²) in [7, 11) is 3.36. The van der Waals surface area contributed by atoms with E-state index in [1.165, 1.54) is 16.7 Å². The van der Waals surface area contributed by atoms with Gasteiger partial charge in [0.1, 0.15) is 12.4 Å². The fourth-order valence-corrected chi connectivity index (χ4v) is 3.62. The molecule has 0 spiro atoms. The lowest BCUT2D eigenvalue weighted by atomic mass is 10.1. The smallest absolute Gasteiger partial charge is 0.266 e. The Kier molecular flexibility index (Phi) is 5.91. The Bertz CT molecular complexity index is 895. The standard InChI is InChI=1S/C19H16Cl2N2O2S/c1-22-19-23(2)18(24)17(26-19)10-13-9-15(21)7-8-16(13)25-11-12-3-5-14(20)6-4-12/h3-10H,11H2,1-2H3/b17-10-,22-19?. The molecule has 3 rings (SSSR count). The third-order valence-corrected chi connectivity index (χ3v) is 5.40. The van der Waals surface area contributed by atoms with E-state index in [9.17, 15) is 4.79 Å². The largest absolute Gasteiger partial charge is 0.488 e. The predicted octanol–water partition coefficient (Wildman–Crippen LogP) is 5.10. The van der Waals surface area contributed by atoms with Gasteiger partial charge in [-0.3, -0.25) is 14.7 Å². The van der Waals surface area contributed by atoms with Gasteiger partial charge in [0.15, 0.2) is 5.17 Å². The summed E-state index contributed by atoms with van der Waals surface area (Å²) < 4.78 is 5.93. The molecule has 0 aromatic heterocycles. The second kappa shape index (κ2) is 8.16. The first-order valence-electron chi connectivity index (χ1n) is 7.79. The van der Waals surface area contributed by atoms with Crippen molar-refractivity contribution in [1.82, 2.24) is 4.90 Å². The first kappa shape index (κ1) is 18.8. The summed E-state index contributed by atoms with van der Waals surface area (Å²) in [6.45, 7) is 0.387. The van der Waals surface area contributed by atoms with E-state index in [0.717, 1.165) is 11.1 Å². The van der Waals surface area contributed by atoms with Crippen LogP contribution in [0.4, 0.5) is 0 Å². The summed E-state index contributed by atoms with van der Waals surface area (Å²) in [6, 6.07) is 12.8. The van der Waals surface area contributed by atoms with Crippen molar-refractivity contribution in [3.63, 3.8) is 0 Å². The zero-order valence-corrected chi connectivity index (χ0v) is 16.5. The quantitative estimate of drug-likeness (QED) is 0.662. The predicted molar refractivity (Wildman–Crippen MR) is 109 cm³/mol. The molecule has 134 valence electrons. The Morgan fingerprint density at radius 3 is 2.50 bits per heavy atom. The first-order valence-corrected chi connectivity index (χ1v) is 9.36. The van der Waals surface area contributed by atoms with E-state index in [1.807, 2.05) is 24.3 Å². The number of benzene rings is 2. The first-order chi connectivity index (χ1) is 12.5. The van der Waals surface area contributed by atoms with Gasteiger partial charge in [0.05, 0.1) is 4.91 Å². The monoisotopic (exact) mass is 406 g/mol. The Labute approximate surface area is 166 Å². The molecule has 0 unspecified atom stereocenters. The number of aliphatic imine (C=N–C) groups is 1. The number of amidine groups is 1. The number of amides is 1. The fraction of sp³-hybridized carbons (Fsp3) is 0.158. The van der Waals surface area contributed by atoms with Gasteiger partial charge >= 0.3 is 0 Å². The number of hydrogen-bond acceptors (Lipinski definition) is 4. The number of rotatable bonds is 4. The van der Waals surface area contributed by atoms with E-state index >= 15 is 0 Å². The van der Waals surface area contributed by atoms with Crippen molar-refractivity contribution in [2.45, 2.75) is 6.61 Å². The third kappa shape index (κ3) is 4.23. The van der Waals surface area contributed by atoms with Crippen molar-refractivity contribution in [3.8, 4) is 5.75 Å². The number of halogens is 2. The lowest BCUT2D eigenvalue weighted by molar-refractivity contribution is -0.121. The SMILES string of the molecule is CN=C1S/C(=C\c2cc(Cl)ccc2OCc2ccc(Cl)cc2)C(=O)N1C. The Hall–Kier alpha value is -1.95. The number of nitrogens with zero attached hydrogens (tertiary/aromatic N) is 2. The summed E-state index contributed by atoms with van der Waals surface area (Å²) in [5, 5.41) is 1.91. The van der Waals surface area contributed by atoms with Crippen LogP contribution in [0.2, 0.25) is 10.0 Å². The van der Waals surface area contributed by atoms with Gasteiger partial charge < -0.3 is 4.74 Å². The molecule has 4 nitrogen and oxygen atoms in total. The second-order valence-corrected chi connectivity index (χ2v) is 7.46. The van der Waals surface area contributed by atoms with Crippen LogP contribution >= 0.6 is 35.0 Å². The molecule has 0 bridgehead atoms. The highest BCUT2D eigenvalue weighted by molar-refractivity contribution is 8.18. The molecule has 1 aliphatic rings. The van der Waals surface area contributed by atoms with Crippen LogP contribution in [0.5, 0.6) is 5.75 Å². The van der Waals surface area contributed by atoms with Crippen LogP contribution in [-0.4, -0.2) is 30.1 Å². The fourth-order valence-electron chi connectivity index (χ4n) is 2.40. The van der Waals surface area contributed by atoms with Gasteiger partial charge in [-0.1, -0.05) is 35.3 Å². The van der Waals surface area contributed by atoms with Crippen LogP contribution in [0.3, 0.4) is 0 Å². The number of carbonyl (C=O) groups is 1. The summed E-state index contributed by atoms with van der Waals surface area (Å²) in [6.07, 6.45) is 1.78. The number of thioether (sulfide) groups is 1. The molecule has 1 heterocycles. The summed E-state index contributed by atoms with van der Waals surface area (Å²) >= 11 is 13.4. The van der Waals surface area contributed by atoms with Gasteiger partial charge in [0.2, 0.25) is 0 Å². The van der Waals surface area contributed by atoms with E-state index in [2.05, 4.69) is 4.99 Å². The van der Waals surface area contributed by atoms with E-state index < -0.39 is 0 Å². The molecule has 1 amide bonds. The highest BCUT2D eigenvalue weighted by atomic mass is 35.5. The molecule has 1 fully saturated rings. The van der Waals surface area contributed by atoms with E-state index in [-0.39, 0.29) is 5.91 Å². The highest BCUT2D eigenvalue weighted by Gasteiger charge is 2.30. The van der Waals surface area contributed by atoms with Gasteiger partial charge in [-0.15, -0.1) is 0 Å². The maximum absolute atomic E-state index is 12.4. The topological polar surface area (TPSA) is 41.9 Å². The van der Waals surface area contributed by atoms with E-state index in [4.69, 9.17) is 27.9 Å². The van der Waals surface area contributed by atoms with Crippen LogP contribution in [0.15, 0.2) is 52.4 Å². The van der Waals surface area contributed by atoms with Crippen molar-refractivity contribution < 1.29 is 9.53 Å². The minimum Gasteiger partial charge on any atom is -0.488 e. The van der Waals surface area contributed by atoms with Crippen LogP contribution in [0, 0.1) is 0 Å². The lowest BCUT2D eigenvalue weighted by Crippen LogP contribution is -2.23. The Morgan fingerprint density at radius 1 is 1.15 bits per heavy atom. The average molecular weight is 407 g/mol. The molecule has 1 saturated heterocycles. The second-order valence-electron chi connectivity index (χ2n) is 5.58.